The van der Waals surface area contributed by atoms with E-state index >= 15 is 0 Å². The van der Waals surface area contributed by atoms with Crippen LogP contribution in [0.15, 0.2) is 22.7 Å². The summed E-state index contributed by atoms with van der Waals surface area (Å²) in [4.78, 5) is 14.6. The van der Waals surface area contributed by atoms with Gasteiger partial charge in [0, 0.05) is 23.6 Å². The van der Waals surface area contributed by atoms with E-state index in [9.17, 15) is 9.18 Å². The first-order valence-electron chi connectivity index (χ1n) is 7.08. The molecule has 1 N–H and O–H groups in total. The molecule has 0 unspecified atom stereocenters. The molecule has 1 aromatic rings. The van der Waals surface area contributed by atoms with Crippen LogP contribution >= 0.6 is 15.9 Å². The Kier molecular flexibility index (Phi) is 5.54. The lowest BCUT2D eigenvalue weighted by molar-refractivity contribution is 0.0910. The predicted molar refractivity (Wildman–Crippen MR) is 81.3 cm³/mol. The number of amides is 1. The number of nitrogens with zero attached hydrogens (tertiary/aromatic N) is 1. The molecule has 1 amide bonds. The van der Waals surface area contributed by atoms with Gasteiger partial charge >= 0.3 is 0 Å². The Hall–Kier alpha value is -0.940. The van der Waals surface area contributed by atoms with Crippen molar-refractivity contribution < 1.29 is 9.18 Å². The number of carbonyl (C=O) groups is 1. The molecule has 0 atom stereocenters. The lowest BCUT2D eigenvalue weighted by atomic mass is 10.0. The summed E-state index contributed by atoms with van der Waals surface area (Å²) in [5.41, 5.74) is 0.488. The second-order valence-corrected chi connectivity index (χ2v) is 6.07. The van der Waals surface area contributed by atoms with E-state index in [1.807, 2.05) is 0 Å². The molecule has 3 nitrogen and oxygen atoms in total. The highest BCUT2D eigenvalue weighted by Gasteiger charge is 2.21. The van der Waals surface area contributed by atoms with Gasteiger partial charge < -0.3 is 10.2 Å². The Labute approximate surface area is 127 Å². The minimum atomic E-state index is -0.346. The third-order valence-electron chi connectivity index (χ3n) is 3.64. The number of nitrogens with one attached hydrogen (secondary N) is 1. The number of carbonyl (C=O) groups excluding carboxylic acids is 1. The molecule has 20 heavy (non-hydrogen) atoms. The second-order valence-electron chi connectivity index (χ2n) is 5.21. The van der Waals surface area contributed by atoms with Crippen LogP contribution in [0.4, 0.5) is 4.39 Å². The van der Waals surface area contributed by atoms with Crippen molar-refractivity contribution in [2.45, 2.75) is 32.2 Å². The van der Waals surface area contributed by atoms with Crippen molar-refractivity contribution in [2.75, 3.05) is 19.6 Å². The van der Waals surface area contributed by atoms with E-state index in [-0.39, 0.29) is 17.8 Å². The molecule has 1 heterocycles. The maximum atomic E-state index is 13.0. The molecule has 1 aliphatic heterocycles. The standard InChI is InChI=1S/C15H20BrFN2O/c1-2-7-19-8-5-12(6-9-19)18-15(20)13-4-3-11(17)10-14(13)16/h3-4,10,12H,2,5-9H2,1H3,(H,18,20). The molecule has 1 aliphatic rings. The SMILES string of the molecule is CCCN1CCC(NC(=O)c2ccc(F)cc2Br)CC1. The minimum Gasteiger partial charge on any atom is -0.349 e. The largest absolute Gasteiger partial charge is 0.349 e. The molecule has 0 radical (unpaired) electrons. The molecule has 5 heteroatoms. The summed E-state index contributed by atoms with van der Waals surface area (Å²) in [5, 5.41) is 3.04. The number of benzene rings is 1. The summed E-state index contributed by atoms with van der Waals surface area (Å²) in [6, 6.07) is 4.36. The molecular formula is C15H20BrFN2O. The Bertz CT molecular complexity index is 473. The number of piperidine rings is 1. The third-order valence-corrected chi connectivity index (χ3v) is 4.29. The van der Waals surface area contributed by atoms with Gasteiger partial charge in [0.25, 0.3) is 5.91 Å². The first kappa shape index (κ1) is 15.4. The van der Waals surface area contributed by atoms with Crippen molar-refractivity contribution in [2.24, 2.45) is 0 Å². The van der Waals surface area contributed by atoms with Crippen LogP contribution in [-0.2, 0) is 0 Å². The fraction of sp³-hybridized carbons (Fsp3) is 0.533. The van der Waals surface area contributed by atoms with Gasteiger partial charge in [0.15, 0.2) is 0 Å². The highest BCUT2D eigenvalue weighted by atomic mass is 79.9. The summed E-state index contributed by atoms with van der Waals surface area (Å²) in [7, 11) is 0. The average molecular weight is 343 g/mol. The first-order valence-corrected chi connectivity index (χ1v) is 7.87. The van der Waals surface area contributed by atoms with Crippen LogP contribution in [0.3, 0.4) is 0 Å². The van der Waals surface area contributed by atoms with Gasteiger partial charge in [0.2, 0.25) is 0 Å². The van der Waals surface area contributed by atoms with E-state index in [0.29, 0.717) is 10.0 Å². The van der Waals surface area contributed by atoms with Crippen LogP contribution < -0.4 is 5.32 Å². The topological polar surface area (TPSA) is 32.3 Å². The third kappa shape index (κ3) is 4.03. The van der Waals surface area contributed by atoms with Gasteiger partial charge in [-0.2, -0.15) is 0 Å². The molecule has 1 fully saturated rings. The Morgan fingerprint density at radius 2 is 2.15 bits per heavy atom. The van der Waals surface area contributed by atoms with Crippen molar-refractivity contribution in [1.29, 1.82) is 0 Å². The molecule has 0 aliphatic carbocycles. The van der Waals surface area contributed by atoms with Gasteiger partial charge in [-0.15, -0.1) is 0 Å². The fourth-order valence-corrected chi connectivity index (χ4v) is 3.08. The number of hydrogen-bond donors (Lipinski definition) is 1. The molecule has 110 valence electrons. The van der Waals surface area contributed by atoms with Gasteiger partial charge in [-0.3, -0.25) is 4.79 Å². The Morgan fingerprint density at radius 3 is 2.75 bits per heavy atom. The number of rotatable bonds is 4. The molecule has 2 rings (SSSR count). The summed E-state index contributed by atoms with van der Waals surface area (Å²) in [5.74, 6) is -0.480. The lowest BCUT2D eigenvalue weighted by Gasteiger charge is -2.32. The maximum absolute atomic E-state index is 13.0. The van der Waals surface area contributed by atoms with E-state index in [4.69, 9.17) is 0 Å². The second kappa shape index (κ2) is 7.18. The van der Waals surface area contributed by atoms with Crippen LogP contribution in [-0.4, -0.2) is 36.5 Å². The zero-order valence-electron chi connectivity index (χ0n) is 11.7. The smallest absolute Gasteiger partial charge is 0.252 e. The average Bonchev–Trinajstić information content (AvgIpc) is 2.41. The van der Waals surface area contributed by atoms with E-state index < -0.39 is 0 Å². The normalized spacial score (nSPS) is 17.1. The summed E-state index contributed by atoms with van der Waals surface area (Å²) < 4.78 is 13.5. The molecular weight excluding hydrogens is 323 g/mol. The quantitative estimate of drug-likeness (QED) is 0.911. The molecule has 0 saturated carbocycles. The zero-order chi connectivity index (χ0) is 14.5. The van der Waals surface area contributed by atoms with Gasteiger partial charge in [0.1, 0.15) is 5.82 Å². The van der Waals surface area contributed by atoms with E-state index in [0.717, 1.165) is 32.5 Å². The van der Waals surface area contributed by atoms with Crippen LogP contribution in [0.2, 0.25) is 0 Å². The van der Waals surface area contributed by atoms with Gasteiger partial charge in [-0.25, -0.2) is 4.39 Å². The highest BCUT2D eigenvalue weighted by Crippen LogP contribution is 2.19. The van der Waals surface area contributed by atoms with E-state index in [1.54, 1.807) is 0 Å². The summed E-state index contributed by atoms with van der Waals surface area (Å²) in [6.07, 6.45) is 3.12. The van der Waals surface area contributed by atoms with Gasteiger partial charge in [-0.05, 0) is 59.9 Å². The number of hydrogen-bond acceptors (Lipinski definition) is 2. The molecule has 0 aromatic heterocycles. The van der Waals surface area contributed by atoms with Crippen molar-refractivity contribution in [1.82, 2.24) is 10.2 Å². The van der Waals surface area contributed by atoms with E-state index in [2.05, 4.69) is 33.1 Å². The fourth-order valence-electron chi connectivity index (χ4n) is 2.55. The van der Waals surface area contributed by atoms with E-state index in [1.165, 1.54) is 24.6 Å². The monoisotopic (exact) mass is 342 g/mol. The molecule has 1 saturated heterocycles. The van der Waals surface area contributed by atoms with Crippen molar-refractivity contribution >= 4 is 21.8 Å². The molecule has 0 bridgehead atoms. The van der Waals surface area contributed by atoms with Gasteiger partial charge in [0.05, 0.1) is 5.56 Å². The summed E-state index contributed by atoms with van der Waals surface area (Å²) >= 11 is 3.23. The Morgan fingerprint density at radius 1 is 1.45 bits per heavy atom. The lowest BCUT2D eigenvalue weighted by Crippen LogP contribution is -2.44. The summed E-state index contributed by atoms with van der Waals surface area (Å²) in [6.45, 7) is 5.37. The number of likely N-dealkylation sites (tertiary alicyclic amines) is 1. The van der Waals surface area contributed by atoms with Crippen molar-refractivity contribution in [3.63, 3.8) is 0 Å². The number of halogens is 2. The predicted octanol–water partition coefficient (Wildman–Crippen LogP) is 3.19. The highest BCUT2D eigenvalue weighted by molar-refractivity contribution is 9.10. The van der Waals surface area contributed by atoms with Crippen LogP contribution in [0.1, 0.15) is 36.5 Å². The zero-order valence-corrected chi connectivity index (χ0v) is 13.2. The van der Waals surface area contributed by atoms with Crippen molar-refractivity contribution in [3.8, 4) is 0 Å². The minimum absolute atomic E-state index is 0.134. The van der Waals surface area contributed by atoms with Crippen LogP contribution in [0, 0.1) is 5.82 Å². The molecule has 1 aromatic carbocycles. The Balaban J connectivity index is 1.89. The van der Waals surface area contributed by atoms with Crippen LogP contribution in [0.25, 0.3) is 0 Å². The van der Waals surface area contributed by atoms with Crippen LogP contribution in [0.5, 0.6) is 0 Å². The van der Waals surface area contributed by atoms with Crippen molar-refractivity contribution in [3.05, 3.63) is 34.1 Å². The van der Waals surface area contributed by atoms with Gasteiger partial charge in [-0.1, -0.05) is 6.92 Å². The maximum Gasteiger partial charge on any atom is 0.252 e. The molecule has 0 spiro atoms. The first-order chi connectivity index (χ1) is 9.60.